The molecule has 22 heavy (non-hydrogen) atoms. The normalized spacial score (nSPS) is 10.2. The molecule has 0 aromatic heterocycles. The van der Waals surface area contributed by atoms with Gasteiger partial charge in [-0.1, -0.05) is 42.5 Å². The number of nitrogens with zero attached hydrogens (tertiary/aromatic N) is 1. The number of nitrogens with one attached hydrogen (secondary N) is 2. The number of ether oxygens (including phenoxy) is 1. The molecule has 0 bridgehead atoms. The fourth-order valence-electron chi connectivity index (χ4n) is 1.67. The highest BCUT2D eigenvalue weighted by Gasteiger charge is 2.06. The lowest BCUT2D eigenvalue weighted by molar-refractivity contribution is 0.177. The number of carbonyl (C=O) groups excluding carboxylic acids is 1. The molecule has 0 aliphatic heterocycles. The van der Waals surface area contributed by atoms with Gasteiger partial charge in [0.2, 0.25) is 0 Å². The predicted octanol–water partition coefficient (Wildman–Crippen LogP) is 3.49. The number of thiocarbonyl (C=S) groups is 1. The second-order valence-corrected chi connectivity index (χ2v) is 4.66. The molecule has 0 spiro atoms. The molecule has 0 fully saturated rings. The van der Waals surface area contributed by atoms with Gasteiger partial charge in [0.1, 0.15) is 0 Å². The highest BCUT2D eigenvalue weighted by Crippen LogP contribution is 2.24. The van der Waals surface area contributed by atoms with Crippen molar-refractivity contribution in [3.8, 4) is 0 Å². The zero-order valence-electron chi connectivity index (χ0n) is 11.9. The molecule has 0 atom stereocenters. The van der Waals surface area contributed by atoms with Crippen LogP contribution < -0.4 is 10.6 Å². The molecule has 0 unspecified atom stereocenters. The van der Waals surface area contributed by atoms with Crippen LogP contribution in [-0.4, -0.2) is 24.5 Å². The van der Waals surface area contributed by atoms with E-state index in [1.54, 1.807) is 6.21 Å². The van der Waals surface area contributed by atoms with Crippen LogP contribution in [0.25, 0.3) is 0 Å². The van der Waals surface area contributed by atoms with E-state index in [1.807, 2.05) is 54.6 Å². The van der Waals surface area contributed by atoms with E-state index in [4.69, 9.17) is 12.2 Å². The summed E-state index contributed by atoms with van der Waals surface area (Å²) in [5, 5.41) is 5.45. The van der Waals surface area contributed by atoms with Crippen LogP contribution in [0.1, 0.15) is 5.56 Å². The Kier molecular flexibility index (Phi) is 5.62. The van der Waals surface area contributed by atoms with E-state index >= 15 is 0 Å². The maximum atomic E-state index is 11.1. The van der Waals surface area contributed by atoms with Crippen LogP contribution in [0.2, 0.25) is 0 Å². The van der Waals surface area contributed by atoms with Crippen molar-refractivity contribution in [1.82, 2.24) is 5.32 Å². The maximum Gasteiger partial charge on any atom is 0.413 e. The van der Waals surface area contributed by atoms with E-state index in [1.165, 1.54) is 7.11 Å². The first-order valence-corrected chi connectivity index (χ1v) is 6.94. The monoisotopic (exact) mass is 313 g/mol. The molecule has 2 aromatic rings. The number of carbonyl (C=O) groups is 1. The molecular formula is C16H15N3O2S. The van der Waals surface area contributed by atoms with Gasteiger partial charge in [-0.2, -0.15) is 0 Å². The predicted molar refractivity (Wildman–Crippen MR) is 91.9 cm³/mol. The molecule has 112 valence electrons. The second kappa shape index (κ2) is 7.90. The van der Waals surface area contributed by atoms with Gasteiger partial charge < -0.3 is 10.1 Å². The number of alkyl carbamates (subject to hydrolysis) is 1. The number of hydrogen-bond acceptors (Lipinski definition) is 4. The number of hydrogen-bond donors (Lipinski definition) is 2. The molecule has 0 saturated heterocycles. The van der Waals surface area contributed by atoms with Crippen LogP contribution >= 0.6 is 12.2 Å². The molecule has 0 heterocycles. The third-order valence-corrected chi connectivity index (χ3v) is 2.91. The van der Waals surface area contributed by atoms with Crippen LogP contribution in [0, 0.1) is 0 Å². The summed E-state index contributed by atoms with van der Waals surface area (Å²) in [4.78, 5) is 15.6. The van der Waals surface area contributed by atoms with Gasteiger partial charge >= 0.3 is 6.09 Å². The molecule has 1 amide bonds. The Balaban J connectivity index is 2.11. The Morgan fingerprint density at radius 3 is 2.55 bits per heavy atom. The molecule has 5 nitrogen and oxygen atoms in total. The summed E-state index contributed by atoms with van der Waals surface area (Å²) in [6.07, 6.45) is 1.14. The Labute approximate surface area is 134 Å². The number of para-hydroxylation sites is 2. The van der Waals surface area contributed by atoms with Gasteiger partial charge in [0.15, 0.2) is 5.11 Å². The van der Waals surface area contributed by atoms with E-state index in [0.717, 1.165) is 5.56 Å². The molecule has 6 heteroatoms. The summed E-state index contributed by atoms with van der Waals surface area (Å²) in [7, 11) is 1.27. The van der Waals surface area contributed by atoms with Gasteiger partial charge in [-0.05, 0) is 29.9 Å². The second-order valence-electron chi connectivity index (χ2n) is 4.26. The Morgan fingerprint density at radius 1 is 1.14 bits per heavy atom. The summed E-state index contributed by atoms with van der Waals surface area (Å²) >= 11 is 5.04. The van der Waals surface area contributed by atoms with Crippen LogP contribution in [0.3, 0.4) is 0 Å². The molecule has 0 saturated carbocycles. The molecule has 2 rings (SSSR count). The Hall–Kier alpha value is -2.73. The molecule has 0 aliphatic rings. The van der Waals surface area contributed by atoms with Crippen LogP contribution in [0.15, 0.2) is 59.6 Å². The van der Waals surface area contributed by atoms with Crippen molar-refractivity contribution >= 4 is 41.0 Å². The SMILES string of the molecule is COC(=O)NC(=S)Nc1ccccc1/N=C/c1ccccc1. The highest BCUT2D eigenvalue weighted by atomic mass is 32.1. The van der Waals surface area contributed by atoms with Gasteiger partial charge in [-0.15, -0.1) is 0 Å². The highest BCUT2D eigenvalue weighted by molar-refractivity contribution is 7.80. The van der Waals surface area contributed by atoms with Crippen LogP contribution in [0.4, 0.5) is 16.2 Å². The summed E-state index contributed by atoms with van der Waals surface area (Å²) in [5.74, 6) is 0. The van der Waals surface area contributed by atoms with Gasteiger partial charge in [-0.3, -0.25) is 10.3 Å². The first kappa shape index (κ1) is 15.7. The van der Waals surface area contributed by atoms with Gasteiger partial charge in [-0.25, -0.2) is 4.79 Å². The minimum Gasteiger partial charge on any atom is -0.453 e. The molecule has 2 N–H and O–H groups in total. The van der Waals surface area contributed by atoms with Crippen molar-refractivity contribution in [2.75, 3.05) is 12.4 Å². The third-order valence-electron chi connectivity index (χ3n) is 2.71. The summed E-state index contributed by atoms with van der Waals surface area (Å²) in [5.41, 5.74) is 2.39. The Morgan fingerprint density at radius 2 is 1.82 bits per heavy atom. The van der Waals surface area contributed by atoms with E-state index in [-0.39, 0.29) is 5.11 Å². The van der Waals surface area contributed by atoms with Crippen molar-refractivity contribution in [2.45, 2.75) is 0 Å². The van der Waals surface area contributed by atoms with Gasteiger partial charge in [0, 0.05) is 6.21 Å². The first-order valence-electron chi connectivity index (χ1n) is 6.53. The van der Waals surface area contributed by atoms with Gasteiger partial charge in [0.05, 0.1) is 18.5 Å². The lowest BCUT2D eigenvalue weighted by Crippen LogP contribution is -2.33. The number of methoxy groups -OCH3 is 1. The minimum atomic E-state index is -0.622. The standard InChI is InChI=1S/C16H15N3O2S/c1-21-16(20)19-15(22)18-14-10-6-5-9-13(14)17-11-12-7-3-2-4-8-12/h2-11H,1H3,(H2,18,19,20,22)/b17-11+. The zero-order valence-corrected chi connectivity index (χ0v) is 12.8. The summed E-state index contributed by atoms with van der Waals surface area (Å²) < 4.78 is 4.49. The van der Waals surface area contributed by atoms with E-state index < -0.39 is 6.09 Å². The number of rotatable bonds is 3. The van der Waals surface area contributed by atoms with E-state index in [0.29, 0.717) is 11.4 Å². The van der Waals surface area contributed by atoms with Gasteiger partial charge in [0.25, 0.3) is 0 Å². The largest absolute Gasteiger partial charge is 0.453 e. The number of amides is 1. The minimum absolute atomic E-state index is 0.147. The fourth-order valence-corrected chi connectivity index (χ4v) is 1.87. The molecule has 0 aliphatic carbocycles. The van der Waals surface area contributed by atoms with Crippen molar-refractivity contribution in [1.29, 1.82) is 0 Å². The van der Waals surface area contributed by atoms with E-state index in [9.17, 15) is 4.79 Å². The van der Waals surface area contributed by atoms with Crippen LogP contribution in [0.5, 0.6) is 0 Å². The summed E-state index contributed by atoms with van der Waals surface area (Å²) in [6, 6.07) is 17.2. The lowest BCUT2D eigenvalue weighted by atomic mass is 10.2. The molecule has 2 aromatic carbocycles. The zero-order chi connectivity index (χ0) is 15.8. The maximum absolute atomic E-state index is 11.1. The smallest absolute Gasteiger partial charge is 0.413 e. The molecule has 0 radical (unpaired) electrons. The lowest BCUT2D eigenvalue weighted by Gasteiger charge is -2.10. The third kappa shape index (κ3) is 4.68. The van der Waals surface area contributed by atoms with Crippen molar-refractivity contribution < 1.29 is 9.53 Å². The van der Waals surface area contributed by atoms with Crippen molar-refractivity contribution in [2.24, 2.45) is 4.99 Å². The number of anilines is 1. The topological polar surface area (TPSA) is 62.7 Å². The number of benzene rings is 2. The van der Waals surface area contributed by atoms with E-state index in [2.05, 4.69) is 20.4 Å². The average molecular weight is 313 g/mol. The summed E-state index contributed by atoms with van der Waals surface area (Å²) in [6.45, 7) is 0. The van der Waals surface area contributed by atoms with Crippen molar-refractivity contribution in [3.05, 3.63) is 60.2 Å². The average Bonchev–Trinajstić information content (AvgIpc) is 2.54. The molecular weight excluding hydrogens is 298 g/mol. The first-order chi connectivity index (χ1) is 10.7. The number of aliphatic imine (C=N–C) groups is 1. The van der Waals surface area contributed by atoms with Crippen molar-refractivity contribution in [3.63, 3.8) is 0 Å². The quantitative estimate of drug-likeness (QED) is 0.672. The Bertz CT molecular complexity index is 687. The fraction of sp³-hybridized carbons (Fsp3) is 0.0625. The van der Waals surface area contributed by atoms with Crippen LogP contribution in [-0.2, 0) is 4.74 Å².